The zero-order valence-electron chi connectivity index (χ0n) is 11.4. The van der Waals surface area contributed by atoms with Gasteiger partial charge in [0.25, 0.3) is 0 Å². The molecule has 0 radical (unpaired) electrons. The molecule has 0 bridgehead atoms. The van der Waals surface area contributed by atoms with E-state index in [2.05, 4.69) is 38.1 Å². The van der Waals surface area contributed by atoms with Crippen molar-refractivity contribution in [3.8, 4) is 0 Å². The number of ketones is 1. The van der Waals surface area contributed by atoms with Crippen LogP contribution in [0.4, 0.5) is 0 Å². The first-order chi connectivity index (χ1) is 8.07. The molecule has 0 aliphatic rings. The maximum absolute atomic E-state index is 12.1. The first kappa shape index (κ1) is 14.0. The average molecular weight is 232 g/mol. The Morgan fingerprint density at radius 1 is 1.12 bits per heavy atom. The summed E-state index contributed by atoms with van der Waals surface area (Å²) in [5, 5.41) is 0. The monoisotopic (exact) mass is 232 g/mol. The Bertz CT molecular complexity index is 340. The Labute approximate surface area is 105 Å². The molecule has 0 amide bonds. The molecule has 0 spiro atoms. The summed E-state index contributed by atoms with van der Waals surface area (Å²) in [6, 6.07) is 10.4. The maximum atomic E-state index is 12.1. The van der Waals surface area contributed by atoms with Gasteiger partial charge in [0.1, 0.15) is 5.78 Å². The molecule has 1 nitrogen and oxygen atoms in total. The Kier molecular flexibility index (Phi) is 5.40. The van der Waals surface area contributed by atoms with Crippen LogP contribution in [0, 0.1) is 11.8 Å². The molecule has 0 N–H and O–H groups in total. The summed E-state index contributed by atoms with van der Waals surface area (Å²) in [6.07, 6.45) is 2.21. The van der Waals surface area contributed by atoms with Gasteiger partial charge in [0.15, 0.2) is 0 Å². The molecule has 1 rings (SSSR count). The van der Waals surface area contributed by atoms with Gasteiger partial charge < -0.3 is 0 Å². The highest BCUT2D eigenvalue weighted by atomic mass is 16.1. The summed E-state index contributed by atoms with van der Waals surface area (Å²) >= 11 is 0. The Morgan fingerprint density at radius 2 is 1.71 bits per heavy atom. The number of hydrogen-bond acceptors (Lipinski definition) is 1. The topological polar surface area (TPSA) is 17.1 Å². The minimum absolute atomic E-state index is 0.123. The van der Waals surface area contributed by atoms with Gasteiger partial charge >= 0.3 is 0 Å². The van der Waals surface area contributed by atoms with E-state index >= 15 is 0 Å². The number of hydrogen-bond donors (Lipinski definition) is 0. The molecule has 1 aromatic rings. The van der Waals surface area contributed by atoms with Crippen molar-refractivity contribution in [2.24, 2.45) is 11.8 Å². The number of Topliss-reactive ketones (excluding diaryl/α,β-unsaturated/α-hetero) is 1. The molecule has 2 atom stereocenters. The van der Waals surface area contributed by atoms with Gasteiger partial charge in [0.05, 0.1) is 0 Å². The second-order valence-corrected chi connectivity index (χ2v) is 5.15. The van der Waals surface area contributed by atoms with Gasteiger partial charge in [-0.25, -0.2) is 0 Å². The first-order valence-electron chi connectivity index (χ1n) is 6.66. The van der Waals surface area contributed by atoms with E-state index in [0.717, 1.165) is 12.8 Å². The summed E-state index contributed by atoms with van der Waals surface area (Å²) in [5.41, 5.74) is 1.30. The third-order valence-electron chi connectivity index (χ3n) is 3.45. The van der Waals surface area contributed by atoms with E-state index in [1.807, 2.05) is 19.9 Å². The lowest BCUT2D eigenvalue weighted by Crippen LogP contribution is -2.23. The third-order valence-corrected chi connectivity index (χ3v) is 3.45. The van der Waals surface area contributed by atoms with E-state index in [4.69, 9.17) is 0 Å². The smallest absolute Gasteiger partial charge is 0.138 e. The van der Waals surface area contributed by atoms with Gasteiger partial charge in [0, 0.05) is 11.8 Å². The van der Waals surface area contributed by atoms with Gasteiger partial charge in [-0.2, -0.15) is 0 Å². The van der Waals surface area contributed by atoms with Crippen LogP contribution in [0.1, 0.15) is 52.0 Å². The molecular formula is C16H24O. The second-order valence-electron chi connectivity index (χ2n) is 5.15. The molecule has 1 unspecified atom stereocenters. The predicted molar refractivity (Wildman–Crippen MR) is 73.1 cm³/mol. The van der Waals surface area contributed by atoms with Crippen molar-refractivity contribution in [3.05, 3.63) is 35.9 Å². The molecule has 0 saturated carbocycles. The van der Waals surface area contributed by atoms with E-state index in [0.29, 0.717) is 11.7 Å². The van der Waals surface area contributed by atoms with Crippen LogP contribution < -0.4 is 0 Å². The van der Waals surface area contributed by atoms with Crippen molar-refractivity contribution in [3.63, 3.8) is 0 Å². The average Bonchev–Trinajstić information content (AvgIpc) is 2.35. The minimum Gasteiger partial charge on any atom is -0.299 e. The van der Waals surface area contributed by atoms with Gasteiger partial charge in [-0.05, 0) is 17.9 Å². The van der Waals surface area contributed by atoms with Crippen LogP contribution in [0.25, 0.3) is 0 Å². The molecule has 0 aliphatic carbocycles. The van der Waals surface area contributed by atoms with E-state index in [9.17, 15) is 4.79 Å². The predicted octanol–water partition coefficient (Wildman–Crippen LogP) is 4.43. The lowest BCUT2D eigenvalue weighted by molar-refractivity contribution is -0.126. The van der Waals surface area contributed by atoms with E-state index in [1.54, 1.807) is 0 Å². The number of carbonyl (C=O) groups excluding carboxylic acids is 1. The van der Waals surface area contributed by atoms with Gasteiger partial charge in [-0.1, -0.05) is 64.4 Å². The van der Waals surface area contributed by atoms with Crippen LogP contribution in [-0.4, -0.2) is 5.78 Å². The van der Waals surface area contributed by atoms with Crippen molar-refractivity contribution >= 4 is 5.78 Å². The summed E-state index contributed by atoms with van der Waals surface area (Å²) in [7, 11) is 0. The van der Waals surface area contributed by atoms with Crippen molar-refractivity contribution < 1.29 is 4.79 Å². The van der Waals surface area contributed by atoms with Crippen LogP contribution in [0.2, 0.25) is 0 Å². The van der Waals surface area contributed by atoms with Gasteiger partial charge in [0.2, 0.25) is 0 Å². The van der Waals surface area contributed by atoms with Crippen molar-refractivity contribution in [1.82, 2.24) is 0 Å². The highest BCUT2D eigenvalue weighted by Gasteiger charge is 2.26. The molecule has 17 heavy (non-hydrogen) atoms. The van der Waals surface area contributed by atoms with Gasteiger partial charge in [-0.15, -0.1) is 0 Å². The summed E-state index contributed by atoms with van der Waals surface area (Å²) < 4.78 is 0. The zero-order chi connectivity index (χ0) is 12.8. The molecule has 1 aromatic carbocycles. The minimum atomic E-state index is 0.123. The molecule has 94 valence electrons. The molecule has 0 heterocycles. The second kappa shape index (κ2) is 6.58. The highest BCUT2D eigenvalue weighted by Crippen LogP contribution is 2.31. The molecule has 1 heteroatoms. The van der Waals surface area contributed by atoms with Crippen molar-refractivity contribution in [2.45, 2.75) is 46.5 Å². The normalized spacial score (nSPS) is 14.6. The highest BCUT2D eigenvalue weighted by molar-refractivity contribution is 5.83. The van der Waals surface area contributed by atoms with Crippen LogP contribution in [0.3, 0.4) is 0 Å². The van der Waals surface area contributed by atoms with Gasteiger partial charge in [-0.3, -0.25) is 4.79 Å². The molecule has 0 saturated heterocycles. The number of rotatable bonds is 6. The molecular weight excluding hydrogens is 208 g/mol. The van der Waals surface area contributed by atoms with E-state index in [1.165, 1.54) is 5.56 Å². The van der Waals surface area contributed by atoms with E-state index in [-0.39, 0.29) is 11.8 Å². The third kappa shape index (κ3) is 3.69. The number of carbonyl (C=O) groups is 1. The maximum Gasteiger partial charge on any atom is 0.138 e. The fourth-order valence-electron chi connectivity index (χ4n) is 2.44. The quantitative estimate of drug-likeness (QED) is 0.709. The van der Waals surface area contributed by atoms with Crippen LogP contribution in [-0.2, 0) is 4.79 Å². The lowest BCUT2D eigenvalue weighted by Gasteiger charge is -2.24. The first-order valence-corrected chi connectivity index (χ1v) is 6.66. The Balaban J connectivity index is 2.90. The van der Waals surface area contributed by atoms with Crippen LogP contribution in [0.15, 0.2) is 30.3 Å². The van der Waals surface area contributed by atoms with Crippen LogP contribution in [0.5, 0.6) is 0 Å². The number of benzene rings is 1. The standard InChI is InChI=1S/C16H24O/c1-5-9-15(13(4)16(17)12(2)3)14-10-7-6-8-11-14/h6-8,10-13,15H,5,9H2,1-4H3/t13-,15?/m0/s1. The Hall–Kier alpha value is -1.11. The fraction of sp³-hybridized carbons (Fsp3) is 0.562. The zero-order valence-corrected chi connectivity index (χ0v) is 11.4. The largest absolute Gasteiger partial charge is 0.299 e. The van der Waals surface area contributed by atoms with E-state index < -0.39 is 0 Å². The Morgan fingerprint density at radius 3 is 2.18 bits per heavy atom. The SMILES string of the molecule is CCCC(c1ccccc1)[C@H](C)C(=O)C(C)C. The summed E-state index contributed by atoms with van der Waals surface area (Å²) in [4.78, 5) is 12.1. The molecule has 0 aliphatic heterocycles. The molecule has 0 fully saturated rings. The molecule has 0 aromatic heterocycles. The van der Waals surface area contributed by atoms with Crippen molar-refractivity contribution in [1.29, 1.82) is 0 Å². The lowest BCUT2D eigenvalue weighted by atomic mass is 9.79. The summed E-state index contributed by atoms with van der Waals surface area (Å²) in [5.74, 6) is 1.01. The fourth-order valence-corrected chi connectivity index (χ4v) is 2.44. The summed E-state index contributed by atoms with van der Waals surface area (Å²) in [6.45, 7) is 8.25. The van der Waals surface area contributed by atoms with Crippen molar-refractivity contribution in [2.75, 3.05) is 0 Å². The van der Waals surface area contributed by atoms with Crippen LogP contribution >= 0.6 is 0 Å².